The first kappa shape index (κ1) is 13.8. The summed E-state index contributed by atoms with van der Waals surface area (Å²) in [6.07, 6.45) is 4.03. The number of halogens is 2. The molecular formula is C15H21ClFN. The van der Waals surface area contributed by atoms with Gasteiger partial charge in [0, 0.05) is 5.54 Å². The average molecular weight is 270 g/mol. The van der Waals surface area contributed by atoms with E-state index in [2.05, 4.69) is 13.8 Å². The van der Waals surface area contributed by atoms with Gasteiger partial charge in [-0.1, -0.05) is 50.4 Å². The molecule has 18 heavy (non-hydrogen) atoms. The Morgan fingerprint density at radius 1 is 1.44 bits per heavy atom. The molecule has 3 atom stereocenters. The molecule has 1 aliphatic rings. The standard InChI is InChI=1S/C15H21ClFN/c1-10-5-4-8-15(18,11(10)2)9-12-6-3-7-13(17)14(12)16/h3,6-7,10-11H,4-5,8-9,18H2,1-2H3. The Hall–Kier alpha value is -0.600. The van der Waals surface area contributed by atoms with Crippen LogP contribution in [0.25, 0.3) is 0 Å². The van der Waals surface area contributed by atoms with Crippen molar-refractivity contribution in [1.29, 1.82) is 0 Å². The maximum Gasteiger partial charge on any atom is 0.142 e. The van der Waals surface area contributed by atoms with Gasteiger partial charge in [0.05, 0.1) is 5.02 Å². The predicted molar refractivity (Wildman–Crippen MR) is 74.2 cm³/mol. The van der Waals surface area contributed by atoms with Gasteiger partial charge in [0.15, 0.2) is 0 Å². The second-order valence-electron chi connectivity index (χ2n) is 5.78. The highest BCUT2D eigenvalue weighted by Gasteiger charge is 2.38. The molecule has 0 amide bonds. The van der Waals surface area contributed by atoms with Gasteiger partial charge in [0.25, 0.3) is 0 Å². The van der Waals surface area contributed by atoms with Gasteiger partial charge in [0.1, 0.15) is 5.82 Å². The van der Waals surface area contributed by atoms with Crippen LogP contribution in [0.2, 0.25) is 5.02 Å². The first-order valence-electron chi connectivity index (χ1n) is 6.66. The van der Waals surface area contributed by atoms with Gasteiger partial charge in [-0.25, -0.2) is 4.39 Å². The minimum Gasteiger partial charge on any atom is -0.325 e. The number of hydrogen-bond donors (Lipinski definition) is 1. The first-order chi connectivity index (χ1) is 8.44. The zero-order valence-corrected chi connectivity index (χ0v) is 11.8. The van der Waals surface area contributed by atoms with Crippen molar-refractivity contribution in [2.24, 2.45) is 17.6 Å². The Morgan fingerprint density at radius 2 is 2.17 bits per heavy atom. The highest BCUT2D eigenvalue weighted by Crippen LogP contribution is 2.39. The summed E-state index contributed by atoms with van der Waals surface area (Å²) in [6.45, 7) is 4.45. The van der Waals surface area contributed by atoms with Crippen LogP contribution in [0.1, 0.15) is 38.7 Å². The zero-order valence-electron chi connectivity index (χ0n) is 11.0. The van der Waals surface area contributed by atoms with E-state index < -0.39 is 0 Å². The molecule has 1 aromatic carbocycles. The van der Waals surface area contributed by atoms with E-state index in [1.807, 2.05) is 6.07 Å². The lowest BCUT2D eigenvalue weighted by Crippen LogP contribution is -2.52. The maximum atomic E-state index is 13.5. The lowest BCUT2D eigenvalue weighted by Gasteiger charge is -2.43. The summed E-state index contributed by atoms with van der Waals surface area (Å²) in [5.74, 6) is 0.705. The van der Waals surface area contributed by atoms with Crippen LogP contribution in [0.15, 0.2) is 18.2 Å². The molecule has 1 saturated carbocycles. The van der Waals surface area contributed by atoms with E-state index in [1.54, 1.807) is 6.07 Å². The zero-order chi connectivity index (χ0) is 13.3. The van der Waals surface area contributed by atoms with Crippen LogP contribution in [0.5, 0.6) is 0 Å². The maximum absolute atomic E-state index is 13.5. The number of nitrogens with two attached hydrogens (primary N) is 1. The first-order valence-corrected chi connectivity index (χ1v) is 7.03. The summed E-state index contributed by atoms with van der Waals surface area (Å²) in [6, 6.07) is 4.98. The largest absolute Gasteiger partial charge is 0.325 e. The fourth-order valence-corrected chi connectivity index (χ4v) is 3.28. The third kappa shape index (κ3) is 2.55. The van der Waals surface area contributed by atoms with Crippen molar-refractivity contribution in [3.05, 3.63) is 34.6 Å². The molecule has 2 rings (SSSR count). The van der Waals surface area contributed by atoms with Gasteiger partial charge in [-0.15, -0.1) is 0 Å². The van der Waals surface area contributed by atoms with Crippen molar-refractivity contribution in [3.8, 4) is 0 Å². The summed E-state index contributed by atoms with van der Waals surface area (Å²) in [5, 5.41) is 0.229. The monoisotopic (exact) mass is 269 g/mol. The lowest BCUT2D eigenvalue weighted by molar-refractivity contribution is 0.143. The van der Waals surface area contributed by atoms with Crippen LogP contribution >= 0.6 is 11.6 Å². The second kappa shape index (κ2) is 5.18. The Bertz CT molecular complexity index is 435. The fourth-order valence-electron chi connectivity index (χ4n) is 3.09. The van der Waals surface area contributed by atoms with Crippen molar-refractivity contribution in [2.75, 3.05) is 0 Å². The molecule has 1 fully saturated rings. The number of hydrogen-bond acceptors (Lipinski definition) is 1. The molecule has 3 heteroatoms. The Balaban J connectivity index is 2.24. The van der Waals surface area contributed by atoms with Crippen molar-refractivity contribution < 1.29 is 4.39 Å². The Kier molecular flexibility index (Phi) is 3.98. The van der Waals surface area contributed by atoms with Crippen molar-refractivity contribution in [3.63, 3.8) is 0 Å². The number of benzene rings is 1. The van der Waals surface area contributed by atoms with Crippen LogP contribution < -0.4 is 5.73 Å². The topological polar surface area (TPSA) is 26.0 Å². The van der Waals surface area contributed by atoms with Crippen LogP contribution in [0, 0.1) is 17.7 Å². The van der Waals surface area contributed by atoms with Gasteiger partial charge in [0.2, 0.25) is 0 Å². The summed E-state index contributed by atoms with van der Waals surface area (Å²) >= 11 is 6.03. The molecule has 0 aromatic heterocycles. The quantitative estimate of drug-likeness (QED) is 0.857. The molecule has 0 radical (unpaired) electrons. The molecule has 1 aromatic rings. The van der Waals surface area contributed by atoms with E-state index in [4.69, 9.17) is 17.3 Å². The Morgan fingerprint density at radius 3 is 2.89 bits per heavy atom. The molecule has 2 N–H and O–H groups in total. The van der Waals surface area contributed by atoms with Crippen molar-refractivity contribution in [2.45, 2.75) is 45.1 Å². The highest BCUT2D eigenvalue weighted by atomic mass is 35.5. The second-order valence-corrected chi connectivity index (χ2v) is 6.16. The van der Waals surface area contributed by atoms with E-state index in [9.17, 15) is 4.39 Å². The minimum absolute atomic E-state index is 0.229. The molecular weight excluding hydrogens is 249 g/mol. The van der Waals surface area contributed by atoms with Crippen LogP contribution in [-0.4, -0.2) is 5.54 Å². The van der Waals surface area contributed by atoms with Crippen LogP contribution in [0.4, 0.5) is 4.39 Å². The smallest absolute Gasteiger partial charge is 0.142 e. The number of rotatable bonds is 2. The van der Waals surface area contributed by atoms with Crippen LogP contribution in [0.3, 0.4) is 0 Å². The average Bonchev–Trinajstić information content (AvgIpc) is 2.32. The van der Waals surface area contributed by atoms with E-state index in [0.29, 0.717) is 18.3 Å². The molecule has 0 heterocycles. The lowest BCUT2D eigenvalue weighted by atomic mass is 9.66. The molecule has 1 aliphatic carbocycles. The van der Waals surface area contributed by atoms with E-state index in [-0.39, 0.29) is 16.4 Å². The summed E-state index contributed by atoms with van der Waals surface area (Å²) in [4.78, 5) is 0. The normalized spacial score (nSPS) is 32.5. The molecule has 0 aliphatic heterocycles. The van der Waals surface area contributed by atoms with Crippen molar-refractivity contribution in [1.82, 2.24) is 0 Å². The van der Waals surface area contributed by atoms with Gasteiger partial charge >= 0.3 is 0 Å². The van der Waals surface area contributed by atoms with E-state index in [1.165, 1.54) is 12.5 Å². The highest BCUT2D eigenvalue weighted by molar-refractivity contribution is 6.31. The summed E-state index contributed by atoms with van der Waals surface area (Å²) in [7, 11) is 0. The van der Waals surface area contributed by atoms with Gasteiger partial charge in [-0.2, -0.15) is 0 Å². The molecule has 0 saturated heterocycles. The molecule has 1 nitrogen and oxygen atoms in total. The third-order valence-electron chi connectivity index (χ3n) is 4.61. The molecule has 0 bridgehead atoms. The van der Waals surface area contributed by atoms with Gasteiger partial charge < -0.3 is 5.73 Å². The summed E-state index contributed by atoms with van der Waals surface area (Å²) < 4.78 is 13.5. The molecule has 0 spiro atoms. The van der Waals surface area contributed by atoms with E-state index >= 15 is 0 Å². The minimum atomic E-state index is -0.353. The van der Waals surface area contributed by atoms with Crippen LogP contribution in [-0.2, 0) is 6.42 Å². The Labute approximate surface area is 114 Å². The molecule has 3 unspecified atom stereocenters. The third-order valence-corrected chi connectivity index (χ3v) is 5.04. The molecule has 100 valence electrons. The van der Waals surface area contributed by atoms with Gasteiger partial charge in [-0.05, 0) is 36.3 Å². The van der Waals surface area contributed by atoms with Gasteiger partial charge in [-0.3, -0.25) is 0 Å². The fraction of sp³-hybridized carbons (Fsp3) is 0.600. The van der Waals surface area contributed by atoms with Crippen molar-refractivity contribution >= 4 is 11.6 Å². The SMILES string of the molecule is CC1CCCC(N)(Cc2cccc(F)c2Cl)C1C. The summed E-state index contributed by atoms with van der Waals surface area (Å²) in [5.41, 5.74) is 7.14. The van der Waals surface area contributed by atoms with E-state index in [0.717, 1.165) is 18.4 Å². The predicted octanol–water partition coefficient (Wildman–Crippen LogP) is 4.18.